The SMILES string of the molecule is CN(C)C(=O)c1ccc(N)cc1SC1CCOCC1. The number of thioether (sulfide) groups is 1. The van der Waals surface area contributed by atoms with Gasteiger partial charge in [-0.05, 0) is 31.0 Å². The number of carbonyl (C=O) groups excluding carboxylic acids is 1. The molecular formula is C14H20N2O2S. The molecule has 1 fully saturated rings. The number of rotatable bonds is 3. The molecule has 1 aliphatic heterocycles. The lowest BCUT2D eigenvalue weighted by Gasteiger charge is -2.23. The molecule has 0 aliphatic carbocycles. The first kappa shape index (κ1) is 14.2. The minimum absolute atomic E-state index is 0.0227. The van der Waals surface area contributed by atoms with Crippen LogP contribution >= 0.6 is 11.8 Å². The zero-order valence-corrected chi connectivity index (χ0v) is 12.2. The van der Waals surface area contributed by atoms with Crippen molar-refractivity contribution in [1.82, 2.24) is 4.90 Å². The van der Waals surface area contributed by atoms with Crippen LogP contribution in [0.4, 0.5) is 5.69 Å². The van der Waals surface area contributed by atoms with E-state index in [2.05, 4.69) is 0 Å². The molecule has 1 heterocycles. The summed E-state index contributed by atoms with van der Waals surface area (Å²) in [6, 6.07) is 5.50. The Morgan fingerprint density at radius 3 is 2.68 bits per heavy atom. The first-order valence-corrected chi connectivity index (χ1v) is 7.31. The highest BCUT2D eigenvalue weighted by molar-refractivity contribution is 8.00. The lowest BCUT2D eigenvalue weighted by atomic mass is 10.2. The Morgan fingerprint density at radius 2 is 2.05 bits per heavy atom. The maximum Gasteiger partial charge on any atom is 0.254 e. The van der Waals surface area contributed by atoms with Crippen molar-refractivity contribution in [3.05, 3.63) is 23.8 Å². The predicted molar refractivity (Wildman–Crippen MR) is 78.6 cm³/mol. The van der Waals surface area contributed by atoms with Crippen LogP contribution in [0.25, 0.3) is 0 Å². The van der Waals surface area contributed by atoms with Gasteiger partial charge in [0.2, 0.25) is 0 Å². The van der Waals surface area contributed by atoms with Crippen LogP contribution in [0.5, 0.6) is 0 Å². The van der Waals surface area contributed by atoms with Gasteiger partial charge in [-0.25, -0.2) is 0 Å². The molecular weight excluding hydrogens is 260 g/mol. The Morgan fingerprint density at radius 1 is 1.37 bits per heavy atom. The number of ether oxygens (including phenoxy) is 1. The summed E-state index contributed by atoms with van der Waals surface area (Å²) in [6.45, 7) is 1.61. The van der Waals surface area contributed by atoms with E-state index in [1.165, 1.54) is 0 Å². The number of anilines is 1. The number of amides is 1. The van der Waals surface area contributed by atoms with Gasteiger partial charge in [-0.1, -0.05) is 0 Å². The summed E-state index contributed by atoms with van der Waals surface area (Å²) in [5.41, 5.74) is 7.28. The molecule has 1 aromatic rings. The van der Waals surface area contributed by atoms with Gasteiger partial charge in [0.1, 0.15) is 0 Å². The molecule has 2 rings (SSSR count). The number of nitrogens with two attached hydrogens (primary N) is 1. The van der Waals surface area contributed by atoms with Crippen LogP contribution in [-0.4, -0.2) is 43.4 Å². The highest BCUT2D eigenvalue weighted by Crippen LogP contribution is 2.33. The van der Waals surface area contributed by atoms with Crippen LogP contribution in [0.3, 0.4) is 0 Å². The average molecular weight is 280 g/mol. The number of hydrogen-bond acceptors (Lipinski definition) is 4. The molecule has 1 amide bonds. The van der Waals surface area contributed by atoms with E-state index in [0.29, 0.717) is 10.9 Å². The topological polar surface area (TPSA) is 55.6 Å². The summed E-state index contributed by atoms with van der Waals surface area (Å²) < 4.78 is 5.36. The largest absolute Gasteiger partial charge is 0.399 e. The summed E-state index contributed by atoms with van der Waals surface area (Å²) in [6.07, 6.45) is 2.05. The molecule has 2 N–H and O–H groups in total. The van der Waals surface area contributed by atoms with Gasteiger partial charge in [-0.2, -0.15) is 0 Å². The standard InChI is InChI=1S/C14H20N2O2S/c1-16(2)14(17)12-4-3-10(15)9-13(12)19-11-5-7-18-8-6-11/h3-4,9,11H,5-8,15H2,1-2H3. The zero-order chi connectivity index (χ0) is 13.8. The molecule has 0 saturated carbocycles. The van der Waals surface area contributed by atoms with Crippen molar-refractivity contribution in [2.75, 3.05) is 33.0 Å². The maximum atomic E-state index is 12.2. The number of carbonyl (C=O) groups is 1. The summed E-state index contributed by atoms with van der Waals surface area (Å²) in [7, 11) is 3.53. The molecule has 0 atom stereocenters. The van der Waals surface area contributed by atoms with E-state index in [0.717, 1.165) is 36.5 Å². The number of nitrogens with zero attached hydrogens (tertiary/aromatic N) is 1. The highest BCUT2D eigenvalue weighted by Gasteiger charge is 2.20. The third-order valence-corrected chi connectivity index (χ3v) is 4.50. The van der Waals surface area contributed by atoms with Crippen LogP contribution in [-0.2, 0) is 4.74 Å². The highest BCUT2D eigenvalue weighted by atomic mass is 32.2. The van der Waals surface area contributed by atoms with E-state index in [9.17, 15) is 4.79 Å². The Labute approximate surface area is 118 Å². The molecule has 1 aliphatic rings. The van der Waals surface area contributed by atoms with Gasteiger partial charge >= 0.3 is 0 Å². The minimum Gasteiger partial charge on any atom is -0.399 e. The third kappa shape index (κ3) is 3.64. The third-order valence-electron chi connectivity index (χ3n) is 3.10. The normalized spacial score (nSPS) is 16.3. The molecule has 0 bridgehead atoms. The van der Waals surface area contributed by atoms with Crippen LogP contribution in [0.1, 0.15) is 23.2 Å². The summed E-state index contributed by atoms with van der Waals surface area (Å²) in [5, 5.41) is 0.504. The Hall–Kier alpha value is -1.20. The van der Waals surface area contributed by atoms with Gasteiger partial charge in [0.05, 0.1) is 5.56 Å². The lowest BCUT2D eigenvalue weighted by Crippen LogP contribution is -2.23. The molecule has 5 heteroatoms. The van der Waals surface area contributed by atoms with Crippen molar-refractivity contribution in [3.63, 3.8) is 0 Å². The van der Waals surface area contributed by atoms with Crippen molar-refractivity contribution in [3.8, 4) is 0 Å². The Kier molecular flexibility index (Phi) is 4.71. The second-order valence-electron chi connectivity index (χ2n) is 4.88. The number of hydrogen-bond donors (Lipinski definition) is 1. The second-order valence-corrected chi connectivity index (χ2v) is 6.23. The monoisotopic (exact) mass is 280 g/mol. The molecule has 0 spiro atoms. The van der Waals surface area contributed by atoms with Gasteiger partial charge in [0.15, 0.2) is 0 Å². The smallest absolute Gasteiger partial charge is 0.254 e. The molecule has 0 aromatic heterocycles. The van der Waals surface area contributed by atoms with E-state index in [-0.39, 0.29) is 5.91 Å². The van der Waals surface area contributed by atoms with Gasteiger partial charge in [0, 0.05) is 43.1 Å². The van der Waals surface area contributed by atoms with Crippen LogP contribution in [0.2, 0.25) is 0 Å². The van der Waals surface area contributed by atoms with E-state index < -0.39 is 0 Å². The van der Waals surface area contributed by atoms with Gasteiger partial charge in [-0.3, -0.25) is 4.79 Å². The first-order chi connectivity index (χ1) is 9.08. The quantitative estimate of drug-likeness (QED) is 0.863. The van der Waals surface area contributed by atoms with Gasteiger partial charge in [-0.15, -0.1) is 11.8 Å². The van der Waals surface area contributed by atoms with Crippen LogP contribution in [0.15, 0.2) is 23.1 Å². The summed E-state index contributed by atoms with van der Waals surface area (Å²) in [4.78, 5) is 14.7. The van der Waals surface area contributed by atoms with Gasteiger partial charge < -0.3 is 15.4 Å². The van der Waals surface area contributed by atoms with E-state index in [1.807, 2.05) is 12.1 Å². The summed E-state index contributed by atoms with van der Waals surface area (Å²) >= 11 is 1.74. The molecule has 104 valence electrons. The predicted octanol–water partition coefficient (Wildman–Crippen LogP) is 2.24. The maximum absolute atomic E-state index is 12.2. The van der Waals surface area contributed by atoms with Crippen molar-refractivity contribution >= 4 is 23.4 Å². The van der Waals surface area contributed by atoms with Crippen molar-refractivity contribution in [2.45, 2.75) is 23.0 Å². The lowest BCUT2D eigenvalue weighted by molar-refractivity contribution is 0.0824. The molecule has 1 aromatic carbocycles. The van der Waals surface area contributed by atoms with Crippen LogP contribution < -0.4 is 5.73 Å². The fourth-order valence-electron chi connectivity index (χ4n) is 2.03. The average Bonchev–Trinajstić information content (AvgIpc) is 2.39. The van der Waals surface area contributed by atoms with Crippen molar-refractivity contribution in [1.29, 1.82) is 0 Å². The van der Waals surface area contributed by atoms with Crippen molar-refractivity contribution in [2.24, 2.45) is 0 Å². The molecule has 0 radical (unpaired) electrons. The van der Waals surface area contributed by atoms with E-state index in [1.54, 1.807) is 36.8 Å². The van der Waals surface area contributed by atoms with Crippen LogP contribution in [0, 0.1) is 0 Å². The molecule has 4 nitrogen and oxygen atoms in total. The Balaban J connectivity index is 2.21. The van der Waals surface area contributed by atoms with Gasteiger partial charge in [0.25, 0.3) is 5.91 Å². The number of nitrogen functional groups attached to an aromatic ring is 1. The fraction of sp³-hybridized carbons (Fsp3) is 0.500. The molecule has 1 saturated heterocycles. The van der Waals surface area contributed by atoms with Crippen molar-refractivity contribution < 1.29 is 9.53 Å². The van der Waals surface area contributed by atoms with E-state index in [4.69, 9.17) is 10.5 Å². The zero-order valence-electron chi connectivity index (χ0n) is 11.4. The Bertz CT molecular complexity index is 457. The van der Waals surface area contributed by atoms with E-state index >= 15 is 0 Å². The molecule has 19 heavy (non-hydrogen) atoms. The fourth-order valence-corrected chi connectivity index (χ4v) is 3.30. The minimum atomic E-state index is 0.0227. The number of benzene rings is 1. The summed E-state index contributed by atoms with van der Waals surface area (Å²) in [5.74, 6) is 0.0227. The first-order valence-electron chi connectivity index (χ1n) is 6.43. The molecule has 0 unspecified atom stereocenters. The second kappa shape index (κ2) is 6.30.